The van der Waals surface area contributed by atoms with Crippen LogP contribution in [-0.2, 0) is 0 Å². The van der Waals surface area contributed by atoms with Gasteiger partial charge < -0.3 is 19.9 Å². The number of halogens is 4. The summed E-state index contributed by atoms with van der Waals surface area (Å²) in [4.78, 5) is 12.0. The topological polar surface area (TPSA) is 82.7 Å². The number of phenolic OH excluding ortho intramolecular Hbond substituents is 1. The van der Waals surface area contributed by atoms with Crippen molar-refractivity contribution in [2.75, 3.05) is 5.32 Å². The van der Waals surface area contributed by atoms with Gasteiger partial charge in [-0.3, -0.25) is 0 Å². The lowest BCUT2D eigenvalue weighted by Gasteiger charge is -2.37. The van der Waals surface area contributed by atoms with Crippen LogP contribution in [0.3, 0.4) is 0 Å². The lowest BCUT2D eigenvalue weighted by molar-refractivity contribution is -0.246. The lowest BCUT2D eigenvalue weighted by Crippen LogP contribution is -2.51. The fourth-order valence-corrected chi connectivity index (χ4v) is 3.55. The van der Waals surface area contributed by atoms with Gasteiger partial charge in [-0.05, 0) is 50.3 Å². The highest BCUT2D eigenvalue weighted by molar-refractivity contribution is 6.30. The van der Waals surface area contributed by atoms with Gasteiger partial charge in [-0.15, -0.1) is 0 Å². The van der Waals surface area contributed by atoms with Crippen LogP contribution < -0.4 is 10.9 Å². The van der Waals surface area contributed by atoms with Crippen LogP contribution in [0.25, 0.3) is 10.8 Å². The molecule has 0 spiro atoms. The quantitative estimate of drug-likeness (QED) is 0.440. The molecule has 9 heteroatoms. The second kappa shape index (κ2) is 8.28. The smallest absolute Gasteiger partial charge is 0.423 e. The first-order valence-corrected chi connectivity index (χ1v) is 9.52. The molecule has 0 amide bonds. The van der Waals surface area contributed by atoms with Crippen LogP contribution in [0.15, 0.2) is 69.6 Å². The molecule has 3 aromatic rings. The predicted octanol–water partition coefficient (Wildman–Crippen LogP) is 5.56. The maximum Gasteiger partial charge on any atom is 0.423 e. The summed E-state index contributed by atoms with van der Waals surface area (Å²) in [5, 5.41) is 24.5. The molecule has 3 rings (SSSR count). The Balaban J connectivity index is 2.28. The van der Waals surface area contributed by atoms with E-state index >= 15 is 0 Å². The van der Waals surface area contributed by atoms with Gasteiger partial charge in [0, 0.05) is 21.7 Å². The van der Waals surface area contributed by atoms with Crippen LogP contribution >= 0.6 is 11.6 Å². The molecule has 1 heterocycles. The number of anilines is 1. The van der Waals surface area contributed by atoms with Gasteiger partial charge in [-0.25, -0.2) is 4.79 Å². The van der Waals surface area contributed by atoms with Gasteiger partial charge in [-0.1, -0.05) is 29.3 Å². The highest BCUT2D eigenvalue weighted by Gasteiger charge is 2.58. The molecule has 164 valence electrons. The van der Waals surface area contributed by atoms with Crippen molar-refractivity contribution in [2.24, 2.45) is 0 Å². The van der Waals surface area contributed by atoms with Crippen molar-refractivity contribution >= 4 is 28.1 Å². The summed E-state index contributed by atoms with van der Waals surface area (Å²) >= 11 is 5.84. The molecular weight excluding hydrogens is 435 g/mol. The maximum atomic E-state index is 14.2. The first kappa shape index (κ1) is 22.7. The molecule has 1 aromatic heterocycles. The Labute approximate surface area is 180 Å². The minimum atomic E-state index is -5.11. The third kappa shape index (κ3) is 4.40. The largest absolute Gasteiger partial charge is 0.508 e. The van der Waals surface area contributed by atoms with E-state index in [2.05, 4.69) is 5.32 Å². The number of benzene rings is 2. The average Bonchev–Trinajstić information content (AvgIpc) is 2.66. The van der Waals surface area contributed by atoms with Crippen molar-refractivity contribution in [2.45, 2.75) is 31.7 Å². The van der Waals surface area contributed by atoms with Gasteiger partial charge in [0.15, 0.2) is 0 Å². The number of hydrogen-bond acceptors (Lipinski definition) is 5. The zero-order valence-electron chi connectivity index (χ0n) is 16.5. The van der Waals surface area contributed by atoms with E-state index < -0.39 is 29.2 Å². The molecule has 2 atom stereocenters. The molecule has 0 aliphatic carbocycles. The van der Waals surface area contributed by atoms with Crippen molar-refractivity contribution in [3.63, 3.8) is 0 Å². The van der Waals surface area contributed by atoms with Crippen molar-refractivity contribution in [3.05, 3.63) is 81.4 Å². The number of phenols is 1. The van der Waals surface area contributed by atoms with Crippen molar-refractivity contribution in [1.29, 1.82) is 0 Å². The summed E-state index contributed by atoms with van der Waals surface area (Å²) in [7, 11) is 0. The van der Waals surface area contributed by atoms with E-state index in [9.17, 15) is 28.2 Å². The third-order valence-electron chi connectivity index (χ3n) is 4.74. The van der Waals surface area contributed by atoms with Crippen LogP contribution in [0.1, 0.15) is 25.5 Å². The Morgan fingerprint density at radius 3 is 2.48 bits per heavy atom. The summed E-state index contributed by atoms with van der Waals surface area (Å²) in [6.45, 7) is 2.83. The second-order valence-corrected chi connectivity index (χ2v) is 7.74. The fraction of sp³-hybridized carbons (Fsp3) is 0.227. The fourth-order valence-electron chi connectivity index (χ4n) is 3.39. The van der Waals surface area contributed by atoms with E-state index in [1.165, 1.54) is 50.2 Å². The van der Waals surface area contributed by atoms with Gasteiger partial charge >= 0.3 is 11.8 Å². The van der Waals surface area contributed by atoms with Crippen LogP contribution in [0, 0.1) is 0 Å². The summed E-state index contributed by atoms with van der Waals surface area (Å²) in [5.41, 5.74) is -3.96. The number of allylic oxidation sites excluding steroid dienone is 1. The van der Waals surface area contributed by atoms with Gasteiger partial charge in [0.1, 0.15) is 5.75 Å². The van der Waals surface area contributed by atoms with Gasteiger partial charge in [0.25, 0.3) is 0 Å². The number of fused-ring (bicyclic) bond motifs is 1. The van der Waals surface area contributed by atoms with Crippen molar-refractivity contribution in [3.8, 4) is 5.75 Å². The van der Waals surface area contributed by atoms with Crippen molar-refractivity contribution in [1.82, 2.24) is 0 Å². The van der Waals surface area contributed by atoms with Gasteiger partial charge in [0.05, 0.1) is 17.7 Å². The van der Waals surface area contributed by atoms with Crippen LogP contribution in [0.4, 0.5) is 18.9 Å². The maximum absolute atomic E-state index is 14.2. The van der Waals surface area contributed by atoms with E-state index in [1.807, 2.05) is 0 Å². The molecule has 31 heavy (non-hydrogen) atoms. The molecule has 3 N–H and O–H groups in total. The Bertz CT molecular complexity index is 1200. The minimum Gasteiger partial charge on any atom is -0.508 e. The molecule has 0 aliphatic heterocycles. The van der Waals surface area contributed by atoms with Crippen LogP contribution in [0.5, 0.6) is 5.75 Å². The SMILES string of the molecule is CC(C)=CC(O)(C(Nc1cccc2c(=O)occc12)c1ccc(Cl)cc1O)C(F)(F)F. The number of rotatable bonds is 5. The Hall–Kier alpha value is -2.97. The molecule has 2 unspecified atom stereocenters. The molecule has 0 aliphatic rings. The zero-order chi connectivity index (χ0) is 23.0. The highest BCUT2D eigenvalue weighted by atomic mass is 35.5. The van der Waals surface area contributed by atoms with E-state index in [0.717, 1.165) is 12.3 Å². The summed E-state index contributed by atoms with van der Waals surface area (Å²) in [6.07, 6.45) is -3.31. The molecule has 0 bridgehead atoms. The molecule has 0 saturated carbocycles. The summed E-state index contributed by atoms with van der Waals surface area (Å²) in [5.74, 6) is -0.533. The summed E-state index contributed by atoms with van der Waals surface area (Å²) < 4.78 is 47.4. The van der Waals surface area contributed by atoms with E-state index in [1.54, 1.807) is 0 Å². The lowest BCUT2D eigenvalue weighted by atomic mass is 9.85. The normalized spacial score (nSPS) is 14.7. The second-order valence-electron chi connectivity index (χ2n) is 7.30. The predicted molar refractivity (Wildman–Crippen MR) is 112 cm³/mol. The first-order chi connectivity index (χ1) is 14.4. The zero-order valence-corrected chi connectivity index (χ0v) is 17.3. The van der Waals surface area contributed by atoms with Crippen LogP contribution in [0.2, 0.25) is 5.02 Å². The van der Waals surface area contributed by atoms with Gasteiger partial charge in [0.2, 0.25) is 5.60 Å². The monoisotopic (exact) mass is 453 g/mol. The van der Waals surface area contributed by atoms with Gasteiger partial charge in [-0.2, -0.15) is 13.2 Å². The highest BCUT2D eigenvalue weighted by Crippen LogP contribution is 2.46. The molecule has 0 fully saturated rings. The number of hydrogen-bond donors (Lipinski definition) is 3. The average molecular weight is 454 g/mol. The van der Waals surface area contributed by atoms with Crippen LogP contribution in [-0.4, -0.2) is 22.0 Å². The standard InChI is InChI=1S/C22H19ClF3NO4/c1-12(2)11-21(30,22(24,25)26)19(16-7-6-13(23)10-18(16)28)27-17-5-3-4-15-14(17)8-9-31-20(15)29/h3-11,19,27-28,30H,1-2H3. The Kier molecular flexibility index (Phi) is 6.07. The number of nitrogens with one attached hydrogen (secondary N) is 1. The molecule has 2 aromatic carbocycles. The minimum absolute atomic E-state index is 0.112. The molecular formula is C22H19ClF3NO4. The van der Waals surface area contributed by atoms with Crippen molar-refractivity contribution < 1.29 is 27.8 Å². The molecule has 5 nitrogen and oxygen atoms in total. The summed E-state index contributed by atoms with van der Waals surface area (Å²) in [6, 6.07) is 7.53. The molecule has 0 saturated heterocycles. The number of alkyl halides is 3. The van der Waals surface area contributed by atoms with E-state index in [-0.39, 0.29) is 27.2 Å². The molecule has 0 radical (unpaired) electrons. The number of aliphatic hydroxyl groups is 1. The van der Waals surface area contributed by atoms with E-state index in [0.29, 0.717) is 11.5 Å². The van der Waals surface area contributed by atoms with E-state index in [4.69, 9.17) is 16.0 Å². The Morgan fingerprint density at radius 1 is 1.16 bits per heavy atom. The third-order valence-corrected chi connectivity index (χ3v) is 4.98. The first-order valence-electron chi connectivity index (χ1n) is 9.14. The Morgan fingerprint density at radius 2 is 1.87 bits per heavy atom. The number of aromatic hydroxyl groups is 1.